The van der Waals surface area contributed by atoms with Gasteiger partial charge in [0.2, 0.25) is 5.76 Å². The molecule has 0 aliphatic carbocycles. The molecule has 0 saturated heterocycles. The number of carbonyl (C=O) groups excluding carboxylic acids is 1. The van der Waals surface area contributed by atoms with Gasteiger partial charge in [0, 0.05) is 18.2 Å². The quantitative estimate of drug-likeness (QED) is 0.886. The Morgan fingerprint density at radius 2 is 2.00 bits per heavy atom. The van der Waals surface area contributed by atoms with Crippen molar-refractivity contribution in [2.24, 2.45) is 11.7 Å². The fourth-order valence-corrected chi connectivity index (χ4v) is 1.88. The molecule has 1 aromatic carbocycles. The van der Waals surface area contributed by atoms with E-state index in [1.165, 1.54) is 0 Å². The van der Waals surface area contributed by atoms with E-state index in [2.05, 4.69) is 10.5 Å². The molecule has 0 aliphatic rings. The number of benzene rings is 1. The van der Waals surface area contributed by atoms with E-state index in [1.54, 1.807) is 6.07 Å². The number of hydrogen-bond acceptors (Lipinski definition) is 4. The van der Waals surface area contributed by atoms with Crippen LogP contribution in [0.1, 0.15) is 31.3 Å². The molecule has 1 unspecified atom stereocenters. The standard InChI is InChI=1S/C16H21N3O2.ClH/c1-11(2)16(3,10-17)18-15(20)14-9-13(19-21-14)12-7-5-4-6-8-12;/h4-9,11H,10,17H2,1-3H3,(H,18,20);1H. The second kappa shape index (κ2) is 7.42. The van der Waals surface area contributed by atoms with Crippen LogP contribution in [0.2, 0.25) is 0 Å². The predicted octanol–water partition coefficient (Wildman–Crippen LogP) is 2.87. The summed E-state index contributed by atoms with van der Waals surface area (Å²) in [5, 5.41) is 6.87. The minimum absolute atomic E-state index is 0. The summed E-state index contributed by atoms with van der Waals surface area (Å²) >= 11 is 0. The largest absolute Gasteiger partial charge is 0.350 e. The van der Waals surface area contributed by atoms with E-state index in [4.69, 9.17) is 10.3 Å². The number of nitrogens with two attached hydrogens (primary N) is 1. The maximum absolute atomic E-state index is 12.3. The lowest BCUT2D eigenvalue weighted by Gasteiger charge is -2.33. The zero-order chi connectivity index (χ0) is 15.5. The molecular formula is C16H22ClN3O2. The number of nitrogens with zero attached hydrogens (tertiary/aromatic N) is 1. The molecule has 0 radical (unpaired) electrons. The molecule has 6 heteroatoms. The maximum Gasteiger partial charge on any atom is 0.290 e. The molecule has 0 spiro atoms. The average molecular weight is 324 g/mol. The summed E-state index contributed by atoms with van der Waals surface area (Å²) in [6.45, 7) is 6.31. The molecule has 3 N–H and O–H groups in total. The highest BCUT2D eigenvalue weighted by atomic mass is 35.5. The summed E-state index contributed by atoms with van der Waals surface area (Å²) in [6.07, 6.45) is 0. The third-order valence-corrected chi connectivity index (χ3v) is 3.90. The monoisotopic (exact) mass is 323 g/mol. The van der Waals surface area contributed by atoms with Crippen molar-refractivity contribution in [3.63, 3.8) is 0 Å². The number of nitrogens with one attached hydrogen (secondary N) is 1. The van der Waals surface area contributed by atoms with Crippen molar-refractivity contribution >= 4 is 18.3 Å². The minimum atomic E-state index is -0.475. The zero-order valence-corrected chi connectivity index (χ0v) is 13.8. The van der Waals surface area contributed by atoms with Gasteiger partial charge in [-0.15, -0.1) is 12.4 Å². The topological polar surface area (TPSA) is 81.1 Å². The van der Waals surface area contributed by atoms with E-state index >= 15 is 0 Å². The Balaban J connectivity index is 0.00000242. The van der Waals surface area contributed by atoms with Gasteiger partial charge in [-0.1, -0.05) is 49.3 Å². The smallest absolute Gasteiger partial charge is 0.290 e. The molecule has 0 bridgehead atoms. The second-order valence-corrected chi connectivity index (χ2v) is 5.67. The van der Waals surface area contributed by atoms with Crippen molar-refractivity contribution in [1.82, 2.24) is 10.5 Å². The van der Waals surface area contributed by atoms with E-state index < -0.39 is 5.54 Å². The summed E-state index contributed by atoms with van der Waals surface area (Å²) in [6, 6.07) is 11.2. The van der Waals surface area contributed by atoms with Crippen molar-refractivity contribution in [2.45, 2.75) is 26.3 Å². The number of hydrogen-bond donors (Lipinski definition) is 2. The van der Waals surface area contributed by atoms with Gasteiger partial charge >= 0.3 is 0 Å². The molecule has 1 atom stereocenters. The Hall–Kier alpha value is -1.85. The van der Waals surface area contributed by atoms with Crippen LogP contribution >= 0.6 is 12.4 Å². The maximum atomic E-state index is 12.3. The molecule has 1 aromatic heterocycles. The summed E-state index contributed by atoms with van der Waals surface area (Å²) in [5.41, 5.74) is 6.84. The Labute approximate surface area is 136 Å². The minimum Gasteiger partial charge on any atom is -0.350 e. The molecule has 120 valence electrons. The fourth-order valence-electron chi connectivity index (χ4n) is 1.88. The lowest BCUT2D eigenvalue weighted by molar-refractivity contribution is 0.0845. The van der Waals surface area contributed by atoms with Crippen LogP contribution in [-0.2, 0) is 0 Å². The first-order valence-corrected chi connectivity index (χ1v) is 7.01. The second-order valence-electron chi connectivity index (χ2n) is 5.67. The van der Waals surface area contributed by atoms with Crippen LogP contribution in [0.3, 0.4) is 0 Å². The number of halogens is 1. The molecule has 0 fully saturated rings. The van der Waals surface area contributed by atoms with E-state index in [9.17, 15) is 4.79 Å². The van der Waals surface area contributed by atoms with Gasteiger partial charge in [-0.05, 0) is 12.8 Å². The van der Waals surface area contributed by atoms with E-state index in [-0.39, 0.29) is 30.0 Å². The molecule has 2 rings (SSSR count). The number of amides is 1. The highest BCUT2D eigenvalue weighted by molar-refractivity contribution is 5.92. The lowest BCUT2D eigenvalue weighted by Crippen LogP contribution is -2.54. The first-order valence-electron chi connectivity index (χ1n) is 7.01. The molecular weight excluding hydrogens is 302 g/mol. The number of carbonyl (C=O) groups is 1. The van der Waals surface area contributed by atoms with Crippen molar-refractivity contribution in [2.75, 3.05) is 6.54 Å². The average Bonchev–Trinajstić information content (AvgIpc) is 2.97. The highest BCUT2D eigenvalue weighted by Crippen LogP contribution is 2.20. The fraction of sp³-hybridized carbons (Fsp3) is 0.375. The van der Waals surface area contributed by atoms with Gasteiger partial charge in [-0.3, -0.25) is 4.79 Å². The molecule has 5 nitrogen and oxygen atoms in total. The SMILES string of the molecule is CC(C)C(C)(CN)NC(=O)c1cc(-c2ccccc2)no1.Cl. The molecule has 22 heavy (non-hydrogen) atoms. The predicted molar refractivity (Wildman–Crippen MR) is 89.0 cm³/mol. The van der Waals surface area contributed by atoms with Crippen LogP contribution in [0.15, 0.2) is 40.9 Å². The van der Waals surface area contributed by atoms with Gasteiger partial charge in [0.15, 0.2) is 0 Å². The van der Waals surface area contributed by atoms with E-state index in [0.717, 1.165) is 5.56 Å². The molecule has 2 aromatic rings. The summed E-state index contributed by atoms with van der Waals surface area (Å²) in [7, 11) is 0. The summed E-state index contributed by atoms with van der Waals surface area (Å²) < 4.78 is 5.15. The Kier molecular flexibility index (Phi) is 6.14. The molecule has 0 aliphatic heterocycles. The molecule has 1 amide bonds. The van der Waals surface area contributed by atoms with Crippen LogP contribution in [0.5, 0.6) is 0 Å². The first-order chi connectivity index (χ1) is 9.96. The van der Waals surface area contributed by atoms with Crippen molar-refractivity contribution in [3.05, 3.63) is 42.2 Å². The van der Waals surface area contributed by atoms with Gasteiger partial charge in [-0.2, -0.15) is 0 Å². The third kappa shape index (κ3) is 3.87. The van der Waals surface area contributed by atoms with Gasteiger partial charge in [0.1, 0.15) is 5.69 Å². The third-order valence-electron chi connectivity index (χ3n) is 3.90. The molecule has 0 saturated carbocycles. The molecule has 1 heterocycles. The Morgan fingerprint density at radius 3 is 2.55 bits per heavy atom. The van der Waals surface area contributed by atoms with Gasteiger partial charge in [-0.25, -0.2) is 0 Å². The van der Waals surface area contributed by atoms with E-state index in [1.807, 2.05) is 51.1 Å². The summed E-state index contributed by atoms with van der Waals surface area (Å²) in [5.74, 6) is 0.100. The van der Waals surface area contributed by atoms with Gasteiger partial charge < -0.3 is 15.6 Å². The van der Waals surface area contributed by atoms with Crippen LogP contribution in [-0.4, -0.2) is 23.1 Å². The summed E-state index contributed by atoms with van der Waals surface area (Å²) in [4.78, 5) is 12.3. The van der Waals surface area contributed by atoms with E-state index in [0.29, 0.717) is 12.2 Å². The van der Waals surface area contributed by atoms with Crippen molar-refractivity contribution in [3.8, 4) is 11.3 Å². The van der Waals surface area contributed by atoms with Gasteiger partial charge in [0.25, 0.3) is 5.91 Å². The Morgan fingerprint density at radius 1 is 1.36 bits per heavy atom. The normalized spacial score (nSPS) is 13.3. The zero-order valence-electron chi connectivity index (χ0n) is 13.0. The number of rotatable bonds is 5. The Bertz CT molecular complexity index is 613. The van der Waals surface area contributed by atoms with Crippen LogP contribution in [0, 0.1) is 5.92 Å². The van der Waals surface area contributed by atoms with Crippen molar-refractivity contribution < 1.29 is 9.32 Å². The first kappa shape index (κ1) is 18.2. The van der Waals surface area contributed by atoms with Gasteiger partial charge in [0.05, 0.1) is 5.54 Å². The lowest BCUT2D eigenvalue weighted by atomic mass is 9.88. The highest BCUT2D eigenvalue weighted by Gasteiger charge is 2.30. The van der Waals surface area contributed by atoms with Crippen molar-refractivity contribution in [1.29, 1.82) is 0 Å². The van der Waals surface area contributed by atoms with Crippen LogP contribution in [0.4, 0.5) is 0 Å². The number of aromatic nitrogens is 1. The van der Waals surface area contributed by atoms with Crippen LogP contribution < -0.4 is 11.1 Å². The van der Waals surface area contributed by atoms with Crippen LogP contribution in [0.25, 0.3) is 11.3 Å².